The molecule has 0 N–H and O–H groups in total. The predicted octanol–water partition coefficient (Wildman–Crippen LogP) is 2.01. The summed E-state index contributed by atoms with van der Waals surface area (Å²) in [7, 11) is -3.63. The van der Waals surface area contributed by atoms with Crippen molar-refractivity contribution in [2.24, 2.45) is 5.92 Å². The SMILES string of the molecule is CC1CN(S(=O)(=O)c2cncc(F)c2)CCC1Br. The minimum Gasteiger partial charge on any atom is -0.260 e. The van der Waals surface area contributed by atoms with Crippen molar-refractivity contribution in [2.45, 2.75) is 23.1 Å². The van der Waals surface area contributed by atoms with Gasteiger partial charge in [0.2, 0.25) is 10.0 Å². The van der Waals surface area contributed by atoms with Crippen LogP contribution >= 0.6 is 15.9 Å². The molecule has 0 amide bonds. The number of sulfonamides is 1. The Balaban J connectivity index is 2.27. The Hall–Kier alpha value is -0.530. The quantitative estimate of drug-likeness (QED) is 0.776. The number of alkyl halides is 1. The third-order valence-electron chi connectivity index (χ3n) is 3.08. The first kappa shape index (κ1) is 13.9. The number of piperidine rings is 1. The summed E-state index contributed by atoms with van der Waals surface area (Å²) < 4.78 is 39.0. The average molecular weight is 337 g/mol. The highest BCUT2D eigenvalue weighted by Crippen LogP contribution is 2.27. The lowest BCUT2D eigenvalue weighted by molar-refractivity contribution is 0.291. The van der Waals surface area contributed by atoms with Crippen LogP contribution in [-0.2, 0) is 10.0 Å². The van der Waals surface area contributed by atoms with Crippen molar-refractivity contribution in [2.75, 3.05) is 13.1 Å². The Bertz CT molecular complexity index is 538. The van der Waals surface area contributed by atoms with Crippen molar-refractivity contribution in [1.82, 2.24) is 9.29 Å². The molecule has 1 aliphatic heterocycles. The molecule has 2 unspecified atom stereocenters. The molecular formula is C11H14BrFN2O2S. The van der Waals surface area contributed by atoms with Gasteiger partial charge in [-0.3, -0.25) is 4.98 Å². The number of rotatable bonds is 2. The van der Waals surface area contributed by atoms with Gasteiger partial charge in [0.05, 0.1) is 6.20 Å². The van der Waals surface area contributed by atoms with E-state index >= 15 is 0 Å². The normalized spacial score (nSPS) is 26.2. The molecule has 0 bridgehead atoms. The van der Waals surface area contributed by atoms with Crippen molar-refractivity contribution in [3.8, 4) is 0 Å². The van der Waals surface area contributed by atoms with E-state index < -0.39 is 15.8 Å². The number of aromatic nitrogens is 1. The van der Waals surface area contributed by atoms with Crippen LogP contribution in [0.2, 0.25) is 0 Å². The van der Waals surface area contributed by atoms with Gasteiger partial charge in [-0.25, -0.2) is 12.8 Å². The molecule has 7 heteroatoms. The van der Waals surface area contributed by atoms with E-state index in [0.717, 1.165) is 18.7 Å². The zero-order valence-corrected chi connectivity index (χ0v) is 12.3. The second kappa shape index (κ2) is 5.22. The number of hydrogen-bond donors (Lipinski definition) is 0. The number of hydrogen-bond acceptors (Lipinski definition) is 3. The van der Waals surface area contributed by atoms with Crippen LogP contribution in [0.15, 0.2) is 23.4 Å². The zero-order chi connectivity index (χ0) is 13.3. The van der Waals surface area contributed by atoms with E-state index in [4.69, 9.17) is 0 Å². The molecule has 1 saturated heterocycles. The summed E-state index contributed by atoms with van der Waals surface area (Å²) in [5.41, 5.74) is 0. The van der Waals surface area contributed by atoms with E-state index in [-0.39, 0.29) is 10.8 Å². The van der Waals surface area contributed by atoms with E-state index in [1.54, 1.807) is 0 Å². The van der Waals surface area contributed by atoms with E-state index in [1.807, 2.05) is 6.92 Å². The first-order valence-corrected chi connectivity index (χ1v) is 8.01. The van der Waals surface area contributed by atoms with Crippen molar-refractivity contribution in [3.05, 3.63) is 24.3 Å². The van der Waals surface area contributed by atoms with Crippen molar-refractivity contribution < 1.29 is 12.8 Å². The zero-order valence-electron chi connectivity index (χ0n) is 9.88. The lowest BCUT2D eigenvalue weighted by atomic mass is 10.0. The van der Waals surface area contributed by atoms with Gasteiger partial charge < -0.3 is 0 Å². The van der Waals surface area contributed by atoms with E-state index in [0.29, 0.717) is 17.9 Å². The van der Waals surface area contributed by atoms with Crippen LogP contribution in [0.1, 0.15) is 13.3 Å². The van der Waals surface area contributed by atoms with Crippen LogP contribution in [0.25, 0.3) is 0 Å². The van der Waals surface area contributed by atoms with Crippen molar-refractivity contribution in [3.63, 3.8) is 0 Å². The second-order valence-corrected chi connectivity index (χ2v) is 7.60. The molecule has 1 fully saturated rings. The molecule has 0 aliphatic carbocycles. The maximum atomic E-state index is 13.1. The lowest BCUT2D eigenvalue weighted by Crippen LogP contribution is -2.43. The van der Waals surface area contributed by atoms with Crippen molar-refractivity contribution in [1.29, 1.82) is 0 Å². The fourth-order valence-corrected chi connectivity index (χ4v) is 3.88. The number of pyridine rings is 1. The predicted molar refractivity (Wildman–Crippen MR) is 69.4 cm³/mol. The molecule has 0 radical (unpaired) electrons. The number of nitrogens with zero attached hydrogens (tertiary/aromatic N) is 2. The highest BCUT2D eigenvalue weighted by atomic mass is 79.9. The number of halogens is 2. The Morgan fingerprint density at radius 3 is 2.83 bits per heavy atom. The molecule has 18 heavy (non-hydrogen) atoms. The minimum atomic E-state index is -3.63. The van der Waals surface area contributed by atoms with Gasteiger partial charge in [0, 0.05) is 24.1 Å². The summed E-state index contributed by atoms with van der Waals surface area (Å²) in [5, 5.41) is 0. The van der Waals surface area contributed by atoms with Gasteiger partial charge in [-0.15, -0.1) is 0 Å². The molecule has 1 aromatic heterocycles. The monoisotopic (exact) mass is 336 g/mol. The maximum absolute atomic E-state index is 13.1. The third-order valence-corrected chi connectivity index (χ3v) is 6.27. The Morgan fingerprint density at radius 1 is 1.50 bits per heavy atom. The van der Waals surface area contributed by atoms with Crippen LogP contribution in [0, 0.1) is 11.7 Å². The molecule has 2 atom stereocenters. The fraction of sp³-hybridized carbons (Fsp3) is 0.545. The topological polar surface area (TPSA) is 50.3 Å². The van der Waals surface area contributed by atoms with E-state index in [2.05, 4.69) is 20.9 Å². The Morgan fingerprint density at radius 2 is 2.22 bits per heavy atom. The summed E-state index contributed by atoms with van der Waals surface area (Å²) in [5.74, 6) is -0.408. The Labute approximate surface area is 114 Å². The Kier molecular flexibility index (Phi) is 4.03. The van der Waals surface area contributed by atoms with Crippen molar-refractivity contribution >= 4 is 26.0 Å². The van der Waals surface area contributed by atoms with Gasteiger partial charge >= 0.3 is 0 Å². The lowest BCUT2D eigenvalue weighted by Gasteiger charge is -2.33. The van der Waals surface area contributed by atoms with Gasteiger partial charge in [0.25, 0.3) is 0 Å². The van der Waals surface area contributed by atoms with Crippen LogP contribution < -0.4 is 0 Å². The summed E-state index contributed by atoms with van der Waals surface area (Å²) in [6, 6.07) is 1.01. The highest BCUT2D eigenvalue weighted by Gasteiger charge is 2.32. The molecule has 1 aromatic rings. The molecule has 0 saturated carbocycles. The second-order valence-electron chi connectivity index (χ2n) is 4.48. The first-order valence-electron chi connectivity index (χ1n) is 5.66. The highest BCUT2D eigenvalue weighted by molar-refractivity contribution is 9.09. The molecule has 2 heterocycles. The van der Waals surface area contributed by atoms with Crippen LogP contribution in [0.3, 0.4) is 0 Å². The minimum absolute atomic E-state index is 0.0808. The van der Waals surface area contributed by atoms with E-state index in [9.17, 15) is 12.8 Å². The average Bonchev–Trinajstić information content (AvgIpc) is 2.32. The fourth-order valence-electron chi connectivity index (χ4n) is 1.98. The van der Waals surface area contributed by atoms with E-state index in [1.165, 1.54) is 10.5 Å². The summed E-state index contributed by atoms with van der Waals surface area (Å²) in [4.78, 5) is 3.84. The summed E-state index contributed by atoms with van der Waals surface area (Å²) in [6.45, 7) is 2.87. The molecular weight excluding hydrogens is 323 g/mol. The van der Waals surface area contributed by atoms with Gasteiger partial charge in [0.1, 0.15) is 10.7 Å². The largest absolute Gasteiger partial charge is 0.260 e. The van der Waals surface area contributed by atoms with Gasteiger partial charge in [-0.1, -0.05) is 22.9 Å². The molecule has 2 rings (SSSR count). The summed E-state index contributed by atoms with van der Waals surface area (Å²) >= 11 is 3.52. The third kappa shape index (κ3) is 2.73. The molecule has 4 nitrogen and oxygen atoms in total. The van der Waals surface area contributed by atoms with Crippen LogP contribution in [-0.4, -0.2) is 35.6 Å². The van der Waals surface area contributed by atoms with Crippen LogP contribution in [0.5, 0.6) is 0 Å². The maximum Gasteiger partial charge on any atom is 0.244 e. The molecule has 0 aromatic carbocycles. The standard InChI is InChI=1S/C11H14BrFN2O2S/c1-8-7-15(3-2-11(8)12)18(16,17)10-4-9(13)5-14-6-10/h4-6,8,11H,2-3,7H2,1H3. The van der Waals surface area contributed by atoms with Gasteiger partial charge in [-0.2, -0.15) is 4.31 Å². The molecule has 100 valence electrons. The smallest absolute Gasteiger partial charge is 0.244 e. The van der Waals surface area contributed by atoms with Crippen LogP contribution in [0.4, 0.5) is 4.39 Å². The first-order chi connectivity index (χ1) is 8.41. The van der Waals surface area contributed by atoms with Gasteiger partial charge in [0.15, 0.2) is 0 Å². The molecule has 1 aliphatic rings. The summed E-state index contributed by atoms with van der Waals surface area (Å²) in [6.07, 6.45) is 2.93. The molecule has 0 spiro atoms. The van der Waals surface area contributed by atoms with Gasteiger partial charge in [-0.05, 0) is 18.4 Å².